The van der Waals surface area contributed by atoms with Crippen LogP contribution in [0.3, 0.4) is 0 Å². The largest absolute Gasteiger partial charge is 0.493 e. The molecule has 0 bridgehead atoms. The summed E-state index contributed by atoms with van der Waals surface area (Å²) in [5.41, 5.74) is 0. The molecule has 2 nitrogen and oxygen atoms in total. The number of thiol groups is 1. The highest BCUT2D eigenvalue weighted by Gasteiger charge is 2.56. The van der Waals surface area contributed by atoms with Gasteiger partial charge in [-0.3, -0.25) is 0 Å². The third-order valence-electron chi connectivity index (χ3n) is 2.10. The topological polar surface area (TPSA) is 18.5 Å². The lowest BCUT2D eigenvalue weighted by Gasteiger charge is -2.26. The van der Waals surface area contributed by atoms with Crippen LogP contribution in [0.1, 0.15) is 0 Å². The molecule has 16 heavy (non-hydrogen) atoms. The summed E-state index contributed by atoms with van der Waals surface area (Å²) in [6.07, 6.45) is 0. The van der Waals surface area contributed by atoms with E-state index < -0.39 is 4.87 Å². The highest BCUT2D eigenvalue weighted by atomic mass is 33.8. The molecule has 0 radical (unpaired) electrons. The molecule has 0 amide bonds. The van der Waals surface area contributed by atoms with Gasteiger partial charge in [-0.1, -0.05) is 17.7 Å². The van der Waals surface area contributed by atoms with Gasteiger partial charge in [0.05, 0.1) is 43.2 Å². The minimum Gasteiger partial charge on any atom is -0.493 e. The Morgan fingerprint density at radius 3 is 2.50 bits per heavy atom. The molecule has 0 unspecified atom stereocenters. The minimum absolute atomic E-state index is 0.804. The number of hydrogen-bond donors (Lipinski definition) is 1. The Kier molecular flexibility index (Phi) is 4.91. The van der Waals surface area contributed by atoms with Crippen molar-refractivity contribution in [1.82, 2.24) is 0 Å². The van der Waals surface area contributed by atoms with E-state index in [1.165, 1.54) is 5.30 Å². The first-order chi connectivity index (χ1) is 7.77. The fourth-order valence-corrected chi connectivity index (χ4v) is 28.5. The molecule has 1 aromatic rings. The smallest absolute Gasteiger partial charge is 0.248 e. The van der Waals surface area contributed by atoms with E-state index in [1.807, 2.05) is 34.1 Å². The van der Waals surface area contributed by atoms with Crippen LogP contribution in [0.15, 0.2) is 18.2 Å². The molecule has 1 heterocycles. The molecule has 1 saturated heterocycles. The van der Waals surface area contributed by atoms with Crippen LogP contribution in [-0.4, -0.2) is 14.2 Å². The third-order valence-corrected chi connectivity index (χ3v) is 31.5. The Labute approximate surface area is 114 Å². The summed E-state index contributed by atoms with van der Waals surface area (Å²) in [7, 11) is 5.03. The summed E-state index contributed by atoms with van der Waals surface area (Å²) in [6, 6.07) is 6.08. The third kappa shape index (κ3) is 2.30. The van der Waals surface area contributed by atoms with Crippen LogP contribution < -0.4 is 14.8 Å². The van der Waals surface area contributed by atoms with Crippen molar-refractivity contribution in [1.29, 1.82) is 0 Å². The van der Waals surface area contributed by atoms with E-state index in [0.29, 0.717) is 0 Å². The monoisotopic (exact) mass is 329 g/mol. The fourth-order valence-electron chi connectivity index (χ4n) is 1.37. The summed E-state index contributed by atoms with van der Waals surface area (Å²) in [5.74, 6) is 1.67. The van der Waals surface area contributed by atoms with Crippen LogP contribution in [0.5, 0.6) is 11.5 Å². The second-order valence-corrected chi connectivity index (χ2v) is 20.4. The Morgan fingerprint density at radius 2 is 2.06 bits per heavy atom. The van der Waals surface area contributed by atoms with Gasteiger partial charge in [-0.2, -0.15) is 0 Å². The molecule has 0 N–H and O–H groups in total. The van der Waals surface area contributed by atoms with Gasteiger partial charge in [0, 0.05) is 0 Å². The first-order valence-electron chi connectivity index (χ1n) is 4.33. The lowest BCUT2D eigenvalue weighted by Crippen LogP contribution is -2.09. The standard InChI is InChI=1S/C8H10O2P2S4/c1-9-6-4-3-5-7(8(6)10-2)12(16-13)14-11-15-12/h3-5,11H,1-2H3/p+1. The summed E-state index contributed by atoms with van der Waals surface area (Å²) < 4.78 is 10.8. The second-order valence-electron chi connectivity index (χ2n) is 2.86. The zero-order valence-corrected chi connectivity index (χ0v) is 13.9. The summed E-state index contributed by atoms with van der Waals surface area (Å²) >= 11 is 8.44. The average Bonchev–Trinajstić information content (AvgIpc) is 2.28. The predicted octanol–water partition coefficient (Wildman–Crippen LogP) is 4.66. The zero-order chi connectivity index (χ0) is 11.6. The lowest BCUT2D eigenvalue weighted by molar-refractivity contribution is 0.357. The molecule has 0 atom stereocenters. The van der Waals surface area contributed by atoms with Gasteiger partial charge >= 0.3 is 0 Å². The van der Waals surface area contributed by atoms with Gasteiger partial charge in [0.1, 0.15) is 10.4 Å². The van der Waals surface area contributed by atoms with Gasteiger partial charge in [0.2, 0.25) is 10.6 Å². The summed E-state index contributed by atoms with van der Waals surface area (Å²) in [4.78, 5) is -1.28. The number of methoxy groups -OCH3 is 2. The first kappa shape index (κ1) is 13.5. The molecule has 88 valence electrons. The first-order valence-corrected chi connectivity index (χ1v) is 13.9. The Balaban J connectivity index is 2.47. The quantitative estimate of drug-likeness (QED) is 0.490. The predicted molar refractivity (Wildman–Crippen MR) is 86.2 cm³/mol. The summed E-state index contributed by atoms with van der Waals surface area (Å²) in [6.45, 7) is 0.917. The zero-order valence-electron chi connectivity index (χ0n) is 8.67. The van der Waals surface area contributed by atoms with E-state index in [1.54, 1.807) is 24.6 Å². The number of rotatable bonds is 4. The van der Waals surface area contributed by atoms with Crippen molar-refractivity contribution in [2.45, 2.75) is 0 Å². The van der Waals surface area contributed by atoms with Gasteiger partial charge in [0.15, 0.2) is 11.1 Å². The SMILES string of the molecule is COc1cccc([P+]2(SS)SPS2)c1OC. The van der Waals surface area contributed by atoms with Crippen LogP contribution in [0, 0.1) is 0 Å². The molecule has 0 aromatic heterocycles. The molecular weight excluding hydrogens is 318 g/mol. The average molecular weight is 329 g/mol. The van der Waals surface area contributed by atoms with Crippen molar-refractivity contribution in [3.63, 3.8) is 0 Å². The highest BCUT2D eigenvalue weighted by molar-refractivity contribution is 9.53. The molecule has 1 aliphatic rings. The van der Waals surface area contributed by atoms with Gasteiger partial charge in [-0.15, -0.1) is 0 Å². The van der Waals surface area contributed by atoms with Gasteiger partial charge in [-0.25, -0.2) is 0 Å². The number of hydrogen-bond acceptors (Lipinski definition) is 6. The minimum atomic E-state index is -1.28. The molecule has 0 aliphatic carbocycles. The highest BCUT2D eigenvalue weighted by Crippen LogP contribution is 3.05. The van der Waals surface area contributed by atoms with E-state index in [4.69, 9.17) is 9.47 Å². The van der Waals surface area contributed by atoms with Gasteiger partial charge in [0.25, 0.3) is 0 Å². The molecule has 1 aromatic carbocycles. The molecular formula is C8H11O2P2S4+. The van der Waals surface area contributed by atoms with Crippen molar-refractivity contribution in [3.05, 3.63) is 18.2 Å². The van der Waals surface area contributed by atoms with E-state index in [-0.39, 0.29) is 0 Å². The van der Waals surface area contributed by atoms with Crippen LogP contribution >= 0.6 is 55.9 Å². The van der Waals surface area contributed by atoms with Crippen LogP contribution in [0.25, 0.3) is 0 Å². The van der Waals surface area contributed by atoms with Gasteiger partial charge < -0.3 is 9.47 Å². The van der Waals surface area contributed by atoms with Crippen LogP contribution in [0.4, 0.5) is 0 Å². The Bertz CT molecular complexity index is 381. The maximum atomic E-state index is 5.48. The molecule has 0 spiro atoms. The van der Waals surface area contributed by atoms with E-state index >= 15 is 0 Å². The Morgan fingerprint density at radius 1 is 1.31 bits per heavy atom. The van der Waals surface area contributed by atoms with Crippen molar-refractivity contribution >= 4 is 61.2 Å². The molecule has 8 heteroatoms. The van der Waals surface area contributed by atoms with E-state index in [2.05, 4.69) is 17.7 Å². The van der Waals surface area contributed by atoms with E-state index in [0.717, 1.165) is 18.5 Å². The molecule has 2 rings (SSSR count). The number of para-hydroxylation sites is 1. The summed E-state index contributed by atoms with van der Waals surface area (Å²) in [5, 5.41) is 1.25. The lowest BCUT2D eigenvalue weighted by atomic mass is 10.3. The molecule has 0 saturated carbocycles. The number of benzene rings is 1. The van der Waals surface area contributed by atoms with Crippen molar-refractivity contribution in [2.75, 3.05) is 14.2 Å². The molecule has 1 fully saturated rings. The van der Waals surface area contributed by atoms with Crippen molar-refractivity contribution < 1.29 is 9.47 Å². The van der Waals surface area contributed by atoms with Crippen molar-refractivity contribution in [3.8, 4) is 11.5 Å². The van der Waals surface area contributed by atoms with Crippen LogP contribution in [-0.2, 0) is 0 Å². The maximum Gasteiger partial charge on any atom is 0.248 e. The van der Waals surface area contributed by atoms with Crippen molar-refractivity contribution in [2.24, 2.45) is 0 Å². The number of ether oxygens (including phenoxy) is 2. The maximum absolute atomic E-state index is 5.48. The fraction of sp³-hybridized carbons (Fsp3) is 0.250. The second kappa shape index (κ2) is 5.81. The molecule has 1 aliphatic heterocycles. The van der Waals surface area contributed by atoms with E-state index in [9.17, 15) is 0 Å². The van der Waals surface area contributed by atoms with Gasteiger partial charge in [-0.05, 0) is 12.1 Å². The normalized spacial score (nSPS) is 25.2. The Hall–Kier alpha value is 1.08. The van der Waals surface area contributed by atoms with Crippen LogP contribution in [0.2, 0.25) is 0 Å².